The van der Waals surface area contributed by atoms with Gasteiger partial charge in [-0.05, 0) is 49.1 Å². The first-order valence-electron chi connectivity index (χ1n) is 9.16. The maximum atomic E-state index is 13.0. The van der Waals surface area contributed by atoms with Crippen molar-refractivity contribution in [2.75, 3.05) is 34.3 Å². The van der Waals surface area contributed by atoms with Gasteiger partial charge < -0.3 is 14.5 Å². The van der Waals surface area contributed by atoms with Gasteiger partial charge in [-0.15, -0.1) is 11.3 Å². The van der Waals surface area contributed by atoms with Crippen LogP contribution in [0.25, 0.3) is 11.1 Å². The molecule has 6 heteroatoms. The Labute approximate surface area is 164 Å². The zero-order chi connectivity index (χ0) is 19.6. The summed E-state index contributed by atoms with van der Waals surface area (Å²) in [4.78, 5) is 30.6. The largest absolute Gasteiger partial charge is 0.497 e. The van der Waals surface area contributed by atoms with Gasteiger partial charge in [-0.3, -0.25) is 9.59 Å². The highest BCUT2D eigenvalue weighted by Crippen LogP contribution is 2.33. The molecule has 3 rings (SSSR count). The molecule has 0 bridgehead atoms. The van der Waals surface area contributed by atoms with E-state index in [2.05, 4.69) is 0 Å². The molecule has 1 aromatic heterocycles. The van der Waals surface area contributed by atoms with Crippen LogP contribution in [0.4, 0.5) is 0 Å². The molecule has 1 atom stereocenters. The van der Waals surface area contributed by atoms with Crippen molar-refractivity contribution in [1.29, 1.82) is 0 Å². The van der Waals surface area contributed by atoms with Crippen molar-refractivity contribution in [3.05, 3.63) is 40.1 Å². The van der Waals surface area contributed by atoms with Gasteiger partial charge in [0.2, 0.25) is 5.91 Å². The second kappa shape index (κ2) is 8.13. The average Bonchev–Trinajstić information content (AvgIpc) is 3.08. The summed E-state index contributed by atoms with van der Waals surface area (Å²) in [5, 5.41) is 0. The highest BCUT2D eigenvalue weighted by molar-refractivity contribution is 7.14. The maximum Gasteiger partial charge on any atom is 0.263 e. The summed E-state index contributed by atoms with van der Waals surface area (Å²) in [6, 6.07) is 9.84. The molecule has 144 valence electrons. The first-order valence-corrected chi connectivity index (χ1v) is 9.97. The number of hydrogen-bond donors (Lipinski definition) is 0. The summed E-state index contributed by atoms with van der Waals surface area (Å²) in [6.07, 6.45) is 1.72. The van der Waals surface area contributed by atoms with Gasteiger partial charge in [0.05, 0.1) is 17.9 Å². The van der Waals surface area contributed by atoms with Gasteiger partial charge in [-0.2, -0.15) is 0 Å². The Morgan fingerprint density at radius 1 is 1.22 bits per heavy atom. The molecular formula is C21H26N2O3S. The summed E-state index contributed by atoms with van der Waals surface area (Å²) in [5.41, 5.74) is 2.15. The molecule has 0 aliphatic carbocycles. The van der Waals surface area contributed by atoms with E-state index in [0.717, 1.165) is 39.5 Å². The highest BCUT2D eigenvalue weighted by Gasteiger charge is 2.30. The number of amides is 2. The second-order valence-electron chi connectivity index (χ2n) is 7.13. The average molecular weight is 387 g/mol. The Bertz CT molecular complexity index is 826. The lowest BCUT2D eigenvalue weighted by Gasteiger charge is -2.33. The van der Waals surface area contributed by atoms with E-state index in [1.165, 1.54) is 11.3 Å². The molecule has 5 nitrogen and oxygen atoms in total. The zero-order valence-electron chi connectivity index (χ0n) is 16.3. The third-order valence-corrected chi connectivity index (χ3v) is 6.07. The molecule has 0 N–H and O–H groups in total. The van der Waals surface area contributed by atoms with E-state index in [9.17, 15) is 9.59 Å². The number of thiophene rings is 1. The Balaban J connectivity index is 1.78. The molecule has 2 heterocycles. The molecule has 0 radical (unpaired) electrons. The summed E-state index contributed by atoms with van der Waals surface area (Å²) < 4.78 is 5.22. The van der Waals surface area contributed by atoms with Gasteiger partial charge in [-0.25, -0.2) is 0 Å². The van der Waals surface area contributed by atoms with Gasteiger partial charge in [0.1, 0.15) is 5.75 Å². The molecule has 1 aromatic carbocycles. The molecule has 2 aromatic rings. The normalized spacial score (nSPS) is 16.9. The van der Waals surface area contributed by atoms with Gasteiger partial charge in [0.25, 0.3) is 5.91 Å². The molecule has 1 aliphatic rings. The van der Waals surface area contributed by atoms with E-state index < -0.39 is 0 Å². The number of rotatable bonds is 4. The van der Waals surface area contributed by atoms with Crippen molar-refractivity contribution < 1.29 is 14.3 Å². The van der Waals surface area contributed by atoms with Crippen LogP contribution in [0.1, 0.15) is 27.4 Å². The SMILES string of the molecule is COc1ccc(-c2cc(C(=O)N3CCCC(C(=O)N(C)C)C3)sc2C)cc1. The topological polar surface area (TPSA) is 49.9 Å². The molecular weight excluding hydrogens is 360 g/mol. The Hall–Kier alpha value is -2.34. The highest BCUT2D eigenvalue weighted by atomic mass is 32.1. The van der Waals surface area contributed by atoms with Crippen LogP contribution >= 0.6 is 11.3 Å². The molecule has 1 aliphatic heterocycles. The lowest BCUT2D eigenvalue weighted by atomic mass is 9.96. The number of hydrogen-bond acceptors (Lipinski definition) is 4. The molecule has 1 saturated heterocycles. The summed E-state index contributed by atoms with van der Waals surface area (Å²) in [7, 11) is 5.19. The van der Waals surface area contributed by atoms with Crippen LogP contribution in [0.15, 0.2) is 30.3 Å². The summed E-state index contributed by atoms with van der Waals surface area (Å²) in [5.74, 6) is 0.848. The number of methoxy groups -OCH3 is 1. The molecule has 1 fully saturated rings. The van der Waals surface area contributed by atoms with Crippen LogP contribution in [-0.4, -0.2) is 55.9 Å². The van der Waals surface area contributed by atoms with Gasteiger partial charge >= 0.3 is 0 Å². The van der Waals surface area contributed by atoms with E-state index in [0.29, 0.717) is 13.1 Å². The summed E-state index contributed by atoms with van der Waals surface area (Å²) >= 11 is 1.52. The van der Waals surface area contributed by atoms with Crippen molar-refractivity contribution in [3.8, 4) is 16.9 Å². The minimum absolute atomic E-state index is 0.0270. The number of aryl methyl sites for hydroxylation is 1. The van der Waals surface area contributed by atoms with Crippen molar-refractivity contribution in [1.82, 2.24) is 9.80 Å². The van der Waals surface area contributed by atoms with Crippen molar-refractivity contribution in [2.24, 2.45) is 5.92 Å². The van der Waals surface area contributed by atoms with Crippen LogP contribution in [0.2, 0.25) is 0 Å². The first-order chi connectivity index (χ1) is 12.9. The lowest BCUT2D eigenvalue weighted by molar-refractivity contribution is -0.134. The van der Waals surface area contributed by atoms with E-state index in [1.807, 2.05) is 42.2 Å². The smallest absolute Gasteiger partial charge is 0.263 e. The molecule has 0 spiro atoms. The van der Waals surface area contributed by atoms with E-state index in [1.54, 1.807) is 26.1 Å². The Morgan fingerprint density at radius 3 is 2.56 bits per heavy atom. The van der Waals surface area contributed by atoms with E-state index in [4.69, 9.17) is 4.74 Å². The second-order valence-corrected chi connectivity index (χ2v) is 8.39. The number of piperidine rings is 1. The third-order valence-electron chi connectivity index (χ3n) is 5.03. The fourth-order valence-corrected chi connectivity index (χ4v) is 4.54. The predicted molar refractivity (Wildman–Crippen MR) is 108 cm³/mol. The lowest BCUT2D eigenvalue weighted by Crippen LogP contribution is -2.45. The number of nitrogens with zero attached hydrogens (tertiary/aromatic N) is 2. The number of likely N-dealkylation sites (tertiary alicyclic amines) is 1. The van der Waals surface area contributed by atoms with E-state index >= 15 is 0 Å². The van der Waals surface area contributed by atoms with Gasteiger partial charge in [-0.1, -0.05) is 12.1 Å². The fourth-order valence-electron chi connectivity index (χ4n) is 3.53. The standard InChI is InChI=1S/C21H26N2O3S/c1-14-18(15-7-9-17(26-4)10-8-15)12-19(27-14)21(25)23-11-5-6-16(13-23)20(24)22(2)3/h7-10,12,16H,5-6,11,13H2,1-4H3. The number of benzene rings is 1. The van der Waals surface area contributed by atoms with Gasteiger partial charge in [0, 0.05) is 32.1 Å². The van der Waals surface area contributed by atoms with E-state index in [-0.39, 0.29) is 17.7 Å². The van der Waals surface area contributed by atoms with Crippen LogP contribution < -0.4 is 4.74 Å². The number of carbonyl (C=O) groups excluding carboxylic acids is 2. The Morgan fingerprint density at radius 2 is 1.93 bits per heavy atom. The quantitative estimate of drug-likeness (QED) is 0.806. The minimum Gasteiger partial charge on any atom is -0.497 e. The van der Waals surface area contributed by atoms with Crippen molar-refractivity contribution in [3.63, 3.8) is 0 Å². The van der Waals surface area contributed by atoms with Crippen LogP contribution in [-0.2, 0) is 4.79 Å². The molecule has 2 amide bonds. The van der Waals surface area contributed by atoms with Crippen LogP contribution in [0.5, 0.6) is 5.75 Å². The van der Waals surface area contributed by atoms with Crippen molar-refractivity contribution in [2.45, 2.75) is 19.8 Å². The predicted octanol–water partition coefficient (Wildman–Crippen LogP) is 3.67. The fraction of sp³-hybridized carbons (Fsp3) is 0.429. The Kier molecular flexibility index (Phi) is 5.85. The minimum atomic E-state index is -0.0974. The molecule has 1 unspecified atom stereocenters. The maximum absolute atomic E-state index is 13.0. The summed E-state index contributed by atoms with van der Waals surface area (Å²) in [6.45, 7) is 3.26. The molecule has 27 heavy (non-hydrogen) atoms. The first kappa shape index (κ1) is 19.4. The zero-order valence-corrected chi connectivity index (χ0v) is 17.1. The third kappa shape index (κ3) is 4.16. The van der Waals surface area contributed by atoms with Crippen molar-refractivity contribution >= 4 is 23.2 Å². The molecule has 0 saturated carbocycles. The van der Waals surface area contributed by atoms with Crippen LogP contribution in [0.3, 0.4) is 0 Å². The monoisotopic (exact) mass is 386 g/mol. The number of carbonyl (C=O) groups is 2. The van der Waals surface area contributed by atoms with Gasteiger partial charge in [0.15, 0.2) is 0 Å². The number of ether oxygens (including phenoxy) is 1. The van der Waals surface area contributed by atoms with Crippen LogP contribution in [0, 0.1) is 12.8 Å².